The number of allylic oxidation sites excluding steroid dienone is 2. The van der Waals surface area contributed by atoms with E-state index in [1.54, 1.807) is 0 Å². The summed E-state index contributed by atoms with van der Waals surface area (Å²) in [6.07, 6.45) is 7.18. The van der Waals surface area contributed by atoms with Crippen molar-refractivity contribution in [2.24, 2.45) is 4.99 Å². The van der Waals surface area contributed by atoms with Gasteiger partial charge in [-0.1, -0.05) is 32.9 Å². The van der Waals surface area contributed by atoms with Crippen LogP contribution in [0, 0.1) is 0 Å². The molecule has 1 heteroatoms. The number of aliphatic imine (C=N–C) groups is 1. The molecule has 0 aliphatic carbocycles. The second-order valence-electron chi connectivity index (χ2n) is 2.77. The van der Waals surface area contributed by atoms with Crippen molar-refractivity contribution in [3.05, 3.63) is 24.4 Å². The van der Waals surface area contributed by atoms with Crippen LogP contribution in [0.5, 0.6) is 0 Å². The van der Waals surface area contributed by atoms with Gasteiger partial charge in [0.15, 0.2) is 0 Å². The number of nitrogens with zero attached hydrogens (tertiary/aromatic N) is 1. The second kappa shape index (κ2) is 6.84. The minimum atomic E-state index is 0.864. The number of rotatable bonds is 5. The third-order valence-corrected chi connectivity index (χ3v) is 1.61. The zero-order valence-electron chi connectivity index (χ0n) is 8.43. The minimum Gasteiger partial charge on any atom is -0.259 e. The van der Waals surface area contributed by atoms with Gasteiger partial charge in [0, 0.05) is 5.71 Å². The van der Waals surface area contributed by atoms with Gasteiger partial charge in [0.2, 0.25) is 0 Å². The van der Waals surface area contributed by atoms with E-state index in [4.69, 9.17) is 0 Å². The molecule has 0 atom stereocenters. The van der Waals surface area contributed by atoms with Gasteiger partial charge in [0.25, 0.3) is 0 Å². The van der Waals surface area contributed by atoms with Crippen LogP contribution in [0.3, 0.4) is 0 Å². The van der Waals surface area contributed by atoms with Gasteiger partial charge in [0.1, 0.15) is 0 Å². The van der Waals surface area contributed by atoms with Crippen LogP contribution in [0.4, 0.5) is 0 Å². The van der Waals surface area contributed by atoms with Crippen molar-refractivity contribution in [3.8, 4) is 0 Å². The smallest absolute Gasteiger partial charge is 0.0553 e. The van der Waals surface area contributed by atoms with E-state index in [1.165, 1.54) is 5.71 Å². The Labute approximate surface area is 75.9 Å². The second-order valence-corrected chi connectivity index (χ2v) is 2.77. The van der Waals surface area contributed by atoms with Crippen LogP contribution < -0.4 is 0 Å². The van der Waals surface area contributed by atoms with E-state index < -0.39 is 0 Å². The van der Waals surface area contributed by atoms with Crippen molar-refractivity contribution >= 4 is 5.71 Å². The van der Waals surface area contributed by atoms with E-state index in [-0.39, 0.29) is 0 Å². The molecular weight excluding hydrogens is 146 g/mol. The molecule has 12 heavy (non-hydrogen) atoms. The first-order valence-electron chi connectivity index (χ1n) is 4.62. The molecule has 0 N–H and O–H groups in total. The Morgan fingerprint density at radius 3 is 2.50 bits per heavy atom. The van der Waals surface area contributed by atoms with Crippen molar-refractivity contribution in [3.63, 3.8) is 0 Å². The van der Waals surface area contributed by atoms with Crippen LogP contribution in [-0.2, 0) is 0 Å². The van der Waals surface area contributed by atoms with Crippen LogP contribution in [0.25, 0.3) is 0 Å². The fourth-order valence-electron chi connectivity index (χ4n) is 1.03. The van der Waals surface area contributed by atoms with Crippen LogP contribution in [0.15, 0.2) is 29.4 Å². The van der Waals surface area contributed by atoms with Crippen molar-refractivity contribution in [1.29, 1.82) is 0 Å². The molecule has 0 aromatic rings. The normalized spacial score (nSPS) is 12.4. The first-order chi connectivity index (χ1) is 5.74. The Morgan fingerprint density at radius 1 is 1.42 bits per heavy atom. The van der Waals surface area contributed by atoms with Crippen LogP contribution in [0.1, 0.15) is 40.0 Å². The predicted molar refractivity (Wildman–Crippen MR) is 56.6 cm³/mol. The summed E-state index contributed by atoms with van der Waals surface area (Å²) in [5.74, 6) is 0. The molecule has 0 rings (SSSR count). The quantitative estimate of drug-likeness (QED) is 0.435. The molecule has 0 spiro atoms. The van der Waals surface area contributed by atoms with Crippen molar-refractivity contribution < 1.29 is 0 Å². The van der Waals surface area contributed by atoms with Crippen molar-refractivity contribution in [2.75, 3.05) is 0 Å². The molecule has 0 amide bonds. The highest BCUT2D eigenvalue weighted by Gasteiger charge is 1.93. The molecule has 68 valence electrons. The Hall–Kier alpha value is -0.850. The van der Waals surface area contributed by atoms with Crippen LogP contribution >= 0.6 is 0 Å². The van der Waals surface area contributed by atoms with Gasteiger partial charge >= 0.3 is 0 Å². The lowest BCUT2D eigenvalue weighted by Gasteiger charge is -2.00. The van der Waals surface area contributed by atoms with E-state index in [1.807, 2.05) is 19.1 Å². The fourth-order valence-corrected chi connectivity index (χ4v) is 1.03. The Bertz CT molecular complexity index is 187. The Kier molecular flexibility index (Phi) is 6.35. The molecular formula is C11H19N. The van der Waals surface area contributed by atoms with Gasteiger partial charge in [-0.25, -0.2) is 0 Å². The summed E-state index contributed by atoms with van der Waals surface area (Å²) in [7, 11) is 0. The highest BCUT2D eigenvalue weighted by molar-refractivity contribution is 5.85. The summed E-state index contributed by atoms with van der Waals surface area (Å²) in [6.45, 7) is 10.1. The average molecular weight is 165 g/mol. The largest absolute Gasteiger partial charge is 0.259 e. The number of hydrogen-bond acceptors (Lipinski definition) is 1. The summed E-state index contributed by atoms with van der Waals surface area (Å²) in [5.41, 5.74) is 2.11. The van der Waals surface area contributed by atoms with E-state index in [9.17, 15) is 0 Å². The van der Waals surface area contributed by atoms with Gasteiger partial charge in [-0.3, -0.25) is 4.99 Å². The van der Waals surface area contributed by atoms with E-state index in [2.05, 4.69) is 25.4 Å². The molecule has 1 nitrogen and oxygen atoms in total. The first-order valence-corrected chi connectivity index (χ1v) is 4.62. The third kappa shape index (κ3) is 4.89. The van der Waals surface area contributed by atoms with E-state index in [0.717, 1.165) is 25.0 Å². The maximum atomic E-state index is 4.41. The Balaban J connectivity index is 4.16. The molecule has 0 bridgehead atoms. The Morgan fingerprint density at radius 2 is 2.08 bits per heavy atom. The molecule has 0 fully saturated rings. The summed E-state index contributed by atoms with van der Waals surface area (Å²) in [6, 6.07) is 0. The molecule has 0 aliphatic heterocycles. The lowest BCUT2D eigenvalue weighted by Crippen LogP contribution is -1.94. The maximum Gasteiger partial charge on any atom is 0.0553 e. The van der Waals surface area contributed by atoms with Gasteiger partial charge in [0.05, 0.1) is 5.70 Å². The lowest BCUT2D eigenvalue weighted by molar-refractivity contribution is 0.964. The van der Waals surface area contributed by atoms with Crippen molar-refractivity contribution in [1.82, 2.24) is 0 Å². The lowest BCUT2D eigenvalue weighted by atomic mass is 10.2. The maximum absolute atomic E-state index is 4.41. The van der Waals surface area contributed by atoms with Crippen LogP contribution in [-0.4, -0.2) is 5.71 Å². The standard InChI is InChI=1S/C11H19N/c1-5-8-10(4)12-11(7-3)9-6-2/h5,8H,4,6-7,9H2,1-3H3/b8-5-,12-11?. The highest BCUT2D eigenvalue weighted by atomic mass is 14.7. The van der Waals surface area contributed by atoms with Gasteiger partial charge in [-0.2, -0.15) is 0 Å². The predicted octanol–water partition coefficient (Wildman–Crippen LogP) is 3.73. The monoisotopic (exact) mass is 165 g/mol. The summed E-state index contributed by atoms with van der Waals surface area (Å²) in [5, 5.41) is 0. The van der Waals surface area contributed by atoms with Gasteiger partial charge < -0.3 is 0 Å². The molecule has 0 aromatic heterocycles. The number of hydrogen-bond donors (Lipinski definition) is 0. The molecule has 0 saturated heterocycles. The molecule has 0 aliphatic rings. The SMILES string of the molecule is C=C(/C=C\C)N=C(CC)CCC. The van der Waals surface area contributed by atoms with Crippen molar-refractivity contribution in [2.45, 2.75) is 40.0 Å². The van der Waals surface area contributed by atoms with Gasteiger partial charge in [-0.15, -0.1) is 0 Å². The zero-order valence-corrected chi connectivity index (χ0v) is 8.43. The first kappa shape index (κ1) is 11.2. The average Bonchev–Trinajstić information content (AvgIpc) is 2.04. The molecule has 0 radical (unpaired) electrons. The molecule has 0 unspecified atom stereocenters. The van der Waals surface area contributed by atoms with Crippen LogP contribution in [0.2, 0.25) is 0 Å². The van der Waals surface area contributed by atoms with Gasteiger partial charge in [-0.05, 0) is 25.8 Å². The molecule has 0 saturated carbocycles. The summed E-state index contributed by atoms with van der Waals surface area (Å²) >= 11 is 0. The third-order valence-electron chi connectivity index (χ3n) is 1.61. The molecule has 0 aromatic carbocycles. The highest BCUT2D eigenvalue weighted by Crippen LogP contribution is 2.03. The summed E-state index contributed by atoms with van der Waals surface area (Å²) < 4.78 is 0. The van der Waals surface area contributed by atoms with E-state index >= 15 is 0 Å². The summed E-state index contributed by atoms with van der Waals surface area (Å²) in [4.78, 5) is 4.41. The molecule has 0 heterocycles. The zero-order chi connectivity index (χ0) is 9.40. The van der Waals surface area contributed by atoms with E-state index in [0.29, 0.717) is 0 Å². The minimum absolute atomic E-state index is 0.864. The topological polar surface area (TPSA) is 12.4 Å². The fraction of sp³-hybridized carbons (Fsp3) is 0.545.